The zero-order valence-electron chi connectivity index (χ0n) is 20.0. The van der Waals surface area contributed by atoms with Crippen LogP contribution in [0, 0.1) is 23.2 Å². The highest BCUT2D eigenvalue weighted by atomic mass is 16.5. The van der Waals surface area contributed by atoms with Crippen molar-refractivity contribution in [2.45, 2.75) is 47.0 Å². The molecule has 3 fully saturated rings. The highest BCUT2D eigenvalue weighted by Crippen LogP contribution is 2.61. The highest BCUT2D eigenvalue weighted by molar-refractivity contribution is 5.96. The topological polar surface area (TPSA) is 93.0 Å². The maximum absolute atomic E-state index is 13.1. The number of rotatable bonds is 8. The number of nitrogens with one attached hydrogen (secondary N) is 1. The number of aromatic nitrogens is 2. The third kappa shape index (κ3) is 4.35. The van der Waals surface area contributed by atoms with E-state index in [4.69, 9.17) is 4.74 Å². The Kier molecular flexibility index (Phi) is 6.45. The number of carbonyl (C=O) groups is 3. The molecule has 0 aromatic carbocycles. The van der Waals surface area contributed by atoms with Crippen LogP contribution in [0.3, 0.4) is 0 Å². The van der Waals surface area contributed by atoms with Crippen LogP contribution in [-0.4, -0.2) is 58.3 Å². The second-order valence-electron chi connectivity index (χ2n) is 9.80. The number of ether oxygens (including phenoxy) is 1. The average molecular weight is 455 g/mol. The Morgan fingerprint density at radius 2 is 2.03 bits per heavy atom. The van der Waals surface area contributed by atoms with Gasteiger partial charge in [0.1, 0.15) is 23.6 Å². The molecule has 5 rings (SSSR count). The third-order valence-corrected chi connectivity index (χ3v) is 7.76. The summed E-state index contributed by atoms with van der Waals surface area (Å²) in [5.41, 5.74) is 1.52. The number of esters is 1. The highest BCUT2D eigenvalue weighted by Gasteiger charge is 2.53. The van der Waals surface area contributed by atoms with Crippen molar-refractivity contribution in [1.82, 2.24) is 19.6 Å². The van der Waals surface area contributed by atoms with Crippen molar-refractivity contribution in [3.63, 3.8) is 0 Å². The van der Waals surface area contributed by atoms with Gasteiger partial charge in [0.05, 0.1) is 6.61 Å². The summed E-state index contributed by atoms with van der Waals surface area (Å²) in [4.78, 5) is 43.6. The van der Waals surface area contributed by atoms with Gasteiger partial charge < -0.3 is 15.0 Å². The maximum atomic E-state index is 13.1. The van der Waals surface area contributed by atoms with Crippen molar-refractivity contribution in [2.24, 2.45) is 23.2 Å². The molecular formula is C25H34N4O4. The number of hydrogen-bond donors (Lipinski definition) is 1. The summed E-state index contributed by atoms with van der Waals surface area (Å²) in [5.74, 6) is 1.01. The molecule has 0 aliphatic heterocycles. The minimum atomic E-state index is -0.458. The Hall–Kier alpha value is -2.90. The molecule has 2 aromatic rings. The van der Waals surface area contributed by atoms with Crippen molar-refractivity contribution in [1.29, 1.82) is 0 Å². The molecule has 3 saturated carbocycles. The summed E-state index contributed by atoms with van der Waals surface area (Å²) < 4.78 is 6.60. The van der Waals surface area contributed by atoms with Gasteiger partial charge in [-0.15, -0.1) is 0 Å². The molecule has 178 valence electrons. The first-order valence-electron chi connectivity index (χ1n) is 12.0. The number of pyridine rings is 1. The van der Waals surface area contributed by atoms with Crippen molar-refractivity contribution in [3.8, 4) is 0 Å². The first-order valence-corrected chi connectivity index (χ1v) is 12.0. The molecule has 33 heavy (non-hydrogen) atoms. The van der Waals surface area contributed by atoms with Gasteiger partial charge >= 0.3 is 5.97 Å². The van der Waals surface area contributed by atoms with Crippen molar-refractivity contribution in [3.05, 3.63) is 35.8 Å². The molecule has 2 amide bonds. The lowest BCUT2D eigenvalue weighted by Crippen LogP contribution is -2.54. The van der Waals surface area contributed by atoms with Gasteiger partial charge in [-0.2, -0.15) is 0 Å². The molecule has 0 radical (unpaired) electrons. The van der Waals surface area contributed by atoms with Crippen LogP contribution in [-0.2, 0) is 9.53 Å². The standard InChI is InChI=1S/C25H34N4O4/c1-5-28(15-22(30)33-6-2)24(32)19-14-29-20(8-7-9-21(29)27-19)23(31)26-13-16-10-11-17-12-18(16)25(17,3)4/h7-9,14,16-18H,5-6,10-13,15H2,1-4H3,(H,26,31)/t16-,17-,18+/m0/s1. The van der Waals surface area contributed by atoms with Gasteiger partial charge in [0.2, 0.25) is 0 Å². The molecule has 3 aliphatic carbocycles. The van der Waals surface area contributed by atoms with Crippen LogP contribution < -0.4 is 5.32 Å². The van der Waals surface area contributed by atoms with Crippen LogP contribution in [0.25, 0.3) is 5.65 Å². The van der Waals surface area contributed by atoms with Gasteiger partial charge in [0.15, 0.2) is 0 Å². The third-order valence-electron chi connectivity index (χ3n) is 7.76. The second-order valence-corrected chi connectivity index (χ2v) is 9.80. The van der Waals surface area contributed by atoms with E-state index in [-0.39, 0.29) is 30.7 Å². The summed E-state index contributed by atoms with van der Waals surface area (Å²) in [7, 11) is 0. The molecule has 3 atom stereocenters. The van der Waals surface area contributed by atoms with Gasteiger partial charge in [-0.3, -0.25) is 18.8 Å². The Bertz CT molecular complexity index is 1060. The lowest BCUT2D eigenvalue weighted by Gasteiger charge is -2.60. The van der Waals surface area contributed by atoms with E-state index >= 15 is 0 Å². The average Bonchev–Trinajstić information content (AvgIpc) is 3.25. The van der Waals surface area contributed by atoms with Crippen molar-refractivity contribution >= 4 is 23.4 Å². The van der Waals surface area contributed by atoms with E-state index in [1.165, 1.54) is 24.2 Å². The Labute approximate surface area is 194 Å². The summed E-state index contributed by atoms with van der Waals surface area (Å²) in [5, 5.41) is 3.12. The second kappa shape index (κ2) is 9.15. The molecular weight excluding hydrogens is 420 g/mol. The summed E-state index contributed by atoms with van der Waals surface area (Å²) in [6.07, 6.45) is 5.25. The Morgan fingerprint density at radius 1 is 1.24 bits per heavy atom. The lowest BCUT2D eigenvalue weighted by molar-refractivity contribution is -0.143. The number of nitrogens with zero attached hydrogens (tertiary/aromatic N) is 3. The predicted molar refractivity (Wildman–Crippen MR) is 124 cm³/mol. The molecule has 0 saturated heterocycles. The van der Waals surface area contributed by atoms with E-state index in [9.17, 15) is 14.4 Å². The minimum absolute atomic E-state index is 0.135. The zero-order chi connectivity index (χ0) is 23.8. The van der Waals surface area contributed by atoms with Gasteiger partial charge in [0, 0.05) is 19.3 Å². The first-order chi connectivity index (χ1) is 15.8. The lowest BCUT2D eigenvalue weighted by atomic mass is 9.45. The normalized spacial score (nSPS) is 23.0. The number of fused-ring (bicyclic) bond motifs is 3. The largest absolute Gasteiger partial charge is 0.465 e. The maximum Gasteiger partial charge on any atom is 0.325 e. The van der Waals surface area contributed by atoms with E-state index < -0.39 is 5.97 Å². The van der Waals surface area contributed by atoms with Crippen LogP contribution in [0.5, 0.6) is 0 Å². The van der Waals surface area contributed by atoms with Gasteiger partial charge in [-0.1, -0.05) is 19.9 Å². The van der Waals surface area contributed by atoms with Crippen LogP contribution >= 0.6 is 0 Å². The molecule has 0 spiro atoms. The van der Waals surface area contributed by atoms with Gasteiger partial charge in [-0.25, -0.2) is 4.98 Å². The van der Waals surface area contributed by atoms with Gasteiger partial charge in [-0.05, 0) is 68.4 Å². The summed E-state index contributed by atoms with van der Waals surface area (Å²) in [6.45, 7) is 9.36. The molecule has 0 unspecified atom stereocenters. The van der Waals surface area contributed by atoms with E-state index in [0.717, 1.165) is 5.92 Å². The first kappa shape index (κ1) is 23.3. The molecule has 1 N–H and O–H groups in total. The number of amides is 2. The number of likely N-dealkylation sites (N-methyl/N-ethyl adjacent to an activating group) is 1. The number of carbonyl (C=O) groups excluding carboxylic acids is 3. The number of hydrogen-bond acceptors (Lipinski definition) is 5. The van der Waals surface area contributed by atoms with Crippen molar-refractivity contribution in [2.75, 3.05) is 26.2 Å². The van der Waals surface area contributed by atoms with E-state index in [1.54, 1.807) is 42.6 Å². The minimum Gasteiger partial charge on any atom is -0.465 e. The Balaban J connectivity index is 1.47. The smallest absolute Gasteiger partial charge is 0.325 e. The van der Waals surface area contributed by atoms with Crippen molar-refractivity contribution < 1.29 is 19.1 Å². The molecule has 2 aromatic heterocycles. The van der Waals surface area contributed by atoms with Crippen LogP contribution in [0.15, 0.2) is 24.4 Å². The van der Waals surface area contributed by atoms with E-state index in [0.29, 0.717) is 41.7 Å². The molecule has 8 nitrogen and oxygen atoms in total. The molecule has 2 heterocycles. The van der Waals surface area contributed by atoms with E-state index in [2.05, 4.69) is 24.1 Å². The predicted octanol–water partition coefficient (Wildman–Crippen LogP) is 3.16. The molecule has 8 heteroatoms. The fraction of sp³-hybridized carbons (Fsp3) is 0.600. The quantitative estimate of drug-likeness (QED) is 0.619. The molecule has 2 bridgehead atoms. The number of imidazole rings is 1. The van der Waals surface area contributed by atoms with Crippen LogP contribution in [0.1, 0.15) is 67.9 Å². The monoisotopic (exact) mass is 454 g/mol. The Morgan fingerprint density at radius 3 is 2.70 bits per heavy atom. The van der Waals surface area contributed by atoms with Gasteiger partial charge in [0.25, 0.3) is 11.8 Å². The fourth-order valence-electron chi connectivity index (χ4n) is 5.67. The van der Waals surface area contributed by atoms with E-state index in [1.807, 2.05) is 0 Å². The fourth-order valence-corrected chi connectivity index (χ4v) is 5.67. The zero-order valence-corrected chi connectivity index (χ0v) is 20.0. The van der Waals surface area contributed by atoms with Crippen LogP contribution in [0.2, 0.25) is 0 Å². The SMILES string of the molecule is CCOC(=O)CN(CC)C(=O)c1cn2c(C(=O)NC[C@@H]3CC[C@H]4C[C@H]3C4(C)C)cccc2n1. The summed E-state index contributed by atoms with van der Waals surface area (Å²) in [6, 6.07) is 5.26. The summed E-state index contributed by atoms with van der Waals surface area (Å²) >= 11 is 0. The van der Waals surface area contributed by atoms with Crippen LogP contribution in [0.4, 0.5) is 0 Å². The molecule has 3 aliphatic rings.